The number of amides is 1. The molecule has 3 heterocycles. The molecule has 1 aliphatic heterocycles. The number of carbonyl (C=O) groups is 1. The van der Waals surface area contributed by atoms with Crippen LogP contribution in [0.4, 0.5) is 4.39 Å². The van der Waals surface area contributed by atoms with Crippen molar-refractivity contribution in [3.05, 3.63) is 60.0 Å². The number of carbonyl (C=O) groups excluding carboxylic acids is 1. The van der Waals surface area contributed by atoms with Gasteiger partial charge in [-0.15, -0.1) is 0 Å². The molecule has 2 atom stereocenters. The lowest BCUT2D eigenvalue weighted by molar-refractivity contribution is 0.0623. The summed E-state index contributed by atoms with van der Waals surface area (Å²) in [6.45, 7) is 6.09. The molecule has 0 aliphatic carbocycles. The van der Waals surface area contributed by atoms with E-state index in [2.05, 4.69) is 13.8 Å². The van der Waals surface area contributed by atoms with Gasteiger partial charge in [-0.05, 0) is 60.7 Å². The van der Waals surface area contributed by atoms with E-state index in [1.165, 1.54) is 18.6 Å². The molecule has 6 heteroatoms. The van der Waals surface area contributed by atoms with E-state index >= 15 is 0 Å². The predicted molar refractivity (Wildman–Crippen MR) is 115 cm³/mol. The number of halogens is 1. The molecule has 5 rings (SSSR count). The maximum atomic E-state index is 13.2. The highest BCUT2D eigenvalue weighted by atomic mass is 32.1. The smallest absolute Gasteiger partial charge is 0.253 e. The summed E-state index contributed by atoms with van der Waals surface area (Å²) in [5.41, 5.74) is 3.47. The van der Waals surface area contributed by atoms with Crippen molar-refractivity contribution in [3.8, 4) is 11.3 Å². The number of rotatable bonds is 2. The molecule has 2 aromatic carbocycles. The van der Waals surface area contributed by atoms with Crippen LogP contribution in [0.1, 0.15) is 30.6 Å². The summed E-state index contributed by atoms with van der Waals surface area (Å²) in [5, 5.41) is 0. The summed E-state index contributed by atoms with van der Waals surface area (Å²) >= 11 is 1.57. The van der Waals surface area contributed by atoms with Crippen molar-refractivity contribution in [2.24, 2.45) is 11.8 Å². The van der Waals surface area contributed by atoms with Gasteiger partial charge in [0.1, 0.15) is 5.82 Å². The molecular formula is C23H22FN3OS. The molecule has 4 nitrogen and oxygen atoms in total. The largest absolute Gasteiger partial charge is 0.338 e. The third-order valence-corrected chi connectivity index (χ3v) is 6.65. The zero-order chi connectivity index (χ0) is 20.1. The fourth-order valence-corrected chi connectivity index (χ4v) is 5.45. The van der Waals surface area contributed by atoms with Crippen LogP contribution in [0.2, 0.25) is 0 Å². The van der Waals surface area contributed by atoms with E-state index in [4.69, 9.17) is 4.98 Å². The van der Waals surface area contributed by atoms with E-state index in [-0.39, 0.29) is 11.7 Å². The first-order chi connectivity index (χ1) is 14.0. The minimum atomic E-state index is -0.255. The summed E-state index contributed by atoms with van der Waals surface area (Å²) in [4.78, 5) is 20.6. The van der Waals surface area contributed by atoms with Gasteiger partial charge in [-0.25, -0.2) is 9.37 Å². The molecule has 1 fully saturated rings. The number of likely N-dealkylation sites (tertiary alicyclic amines) is 1. The van der Waals surface area contributed by atoms with Crippen molar-refractivity contribution >= 4 is 32.4 Å². The molecule has 1 aliphatic rings. The summed E-state index contributed by atoms with van der Waals surface area (Å²) in [7, 11) is 0. The average Bonchev–Trinajstić information content (AvgIpc) is 3.24. The van der Waals surface area contributed by atoms with Crippen LogP contribution in [0.15, 0.2) is 48.7 Å². The van der Waals surface area contributed by atoms with E-state index in [0.29, 0.717) is 11.8 Å². The van der Waals surface area contributed by atoms with E-state index in [9.17, 15) is 9.18 Å². The van der Waals surface area contributed by atoms with Gasteiger partial charge in [0, 0.05) is 30.4 Å². The standard InChI is InChI=1S/C23H22FN3OS/c1-14-9-15(2)12-26(11-14)22(28)17-5-8-20-21(10-17)29-23-25-19(13-27(20)23)16-3-6-18(24)7-4-16/h3-8,10,13-15H,9,11-12H2,1-2H3/t14-,15-/m0/s1. The SMILES string of the molecule is C[C@H]1C[C@H](C)CN(C(=O)c2ccc3c(c2)sc2nc(-c4ccc(F)cc4)cn23)C1. The molecule has 0 N–H and O–H groups in total. The Morgan fingerprint density at radius 3 is 2.55 bits per heavy atom. The molecule has 0 bridgehead atoms. The first-order valence-electron chi connectivity index (χ1n) is 9.95. The Hall–Kier alpha value is -2.73. The number of fused-ring (bicyclic) bond motifs is 3. The number of nitrogens with zero attached hydrogens (tertiary/aromatic N) is 3. The second-order valence-corrected chi connectivity index (χ2v) is 9.24. The minimum Gasteiger partial charge on any atom is -0.338 e. The van der Waals surface area contributed by atoms with E-state index in [1.807, 2.05) is 33.7 Å². The van der Waals surface area contributed by atoms with Gasteiger partial charge >= 0.3 is 0 Å². The lowest BCUT2D eigenvalue weighted by atomic mass is 9.91. The Morgan fingerprint density at radius 2 is 1.83 bits per heavy atom. The molecule has 29 heavy (non-hydrogen) atoms. The Morgan fingerprint density at radius 1 is 1.10 bits per heavy atom. The lowest BCUT2D eigenvalue weighted by Crippen LogP contribution is -2.42. The third-order valence-electron chi connectivity index (χ3n) is 5.64. The van der Waals surface area contributed by atoms with Crippen molar-refractivity contribution in [1.82, 2.24) is 14.3 Å². The van der Waals surface area contributed by atoms with Crippen molar-refractivity contribution in [3.63, 3.8) is 0 Å². The number of aromatic nitrogens is 2. The minimum absolute atomic E-state index is 0.114. The number of piperidine rings is 1. The molecular weight excluding hydrogens is 385 g/mol. The molecule has 1 saturated heterocycles. The van der Waals surface area contributed by atoms with E-state index in [0.717, 1.165) is 45.1 Å². The molecule has 148 valence electrons. The Kier molecular flexibility index (Phi) is 4.39. The highest BCUT2D eigenvalue weighted by Gasteiger charge is 2.26. The van der Waals surface area contributed by atoms with Crippen LogP contribution in [-0.2, 0) is 0 Å². The van der Waals surface area contributed by atoms with Crippen LogP contribution in [0.25, 0.3) is 26.4 Å². The van der Waals surface area contributed by atoms with Crippen LogP contribution in [-0.4, -0.2) is 33.3 Å². The second kappa shape index (κ2) is 6.95. The van der Waals surface area contributed by atoms with Gasteiger partial charge in [-0.2, -0.15) is 0 Å². The topological polar surface area (TPSA) is 37.6 Å². The van der Waals surface area contributed by atoms with Crippen LogP contribution in [0.3, 0.4) is 0 Å². The number of thiazole rings is 1. The summed E-state index contributed by atoms with van der Waals surface area (Å²) < 4.78 is 16.3. The van der Waals surface area contributed by atoms with Gasteiger partial charge in [0.05, 0.1) is 15.9 Å². The van der Waals surface area contributed by atoms with Gasteiger partial charge < -0.3 is 4.90 Å². The summed E-state index contributed by atoms with van der Waals surface area (Å²) in [6.07, 6.45) is 3.15. The first kappa shape index (κ1) is 18.3. The first-order valence-corrected chi connectivity index (χ1v) is 10.8. The maximum absolute atomic E-state index is 13.2. The molecule has 2 aromatic heterocycles. The average molecular weight is 408 g/mol. The summed E-state index contributed by atoms with van der Waals surface area (Å²) in [5.74, 6) is 0.945. The van der Waals surface area contributed by atoms with Gasteiger partial charge in [0.15, 0.2) is 4.96 Å². The predicted octanol–water partition coefficient (Wildman–Crippen LogP) is 5.47. The molecule has 1 amide bonds. The zero-order valence-electron chi connectivity index (χ0n) is 16.4. The second-order valence-electron chi connectivity index (χ2n) is 8.23. The van der Waals surface area contributed by atoms with Crippen LogP contribution in [0, 0.1) is 17.7 Å². The molecule has 0 saturated carbocycles. The number of benzene rings is 2. The van der Waals surface area contributed by atoms with Crippen molar-refractivity contribution in [2.45, 2.75) is 20.3 Å². The van der Waals surface area contributed by atoms with Gasteiger partial charge in [-0.3, -0.25) is 9.20 Å². The van der Waals surface area contributed by atoms with Crippen LogP contribution < -0.4 is 0 Å². The molecule has 0 radical (unpaired) electrons. The van der Waals surface area contributed by atoms with E-state index in [1.54, 1.807) is 23.5 Å². The van der Waals surface area contributed by atoms with Crippen LogP contribution in [0.5, 0.6) is 0 Å². The fourth-order valence-electron chi connectivity index (χ4n) is 4.41. The van der Waals surface area contributed by atoms with Crippen molar-refractivity contribution in [2.75, 3.05) is 13.1 Å². The highest BCUT2D eigenvalue weighted by Crippen LogP contribution is 2.31. The van der Waals surface area contributed by atoms with Gasteiger partial charge in [-0.1, -0.05) is 25.2 Å². The fraction of sp³-hybridized carbons (Fsp3) is 0.304. The number of hydrogen-bond donors (Lipinski definition) is 0. The van der Waals surface area contributed by atoms with Crippen LogP contribution >= 0.6 is 11.3 Å². The number of imidazole rings is 1. The van der Waals surface area contributed by atoms with Crippen molar-refractivity contribution < 1.29 is 9.18 Å². The Bertz CT molecular complexity index is 1200. The van der Waals surface area contributed by atoms with Gasteiger partial charge in [0.25, 0.3) is 5.91 Å². The quantitative estimate of drug-likeness (QED) is 0.442. The lowest BCUT2D eigenvalue weighted by Gasteiger charge is -2.35. The Labute approximate surface area is 172 Å². The summed E-state index contributed by atoms with van der Waals surface area (Å²) in [6, 6.07) is 12.3. The highest BCUT2D eigenvalue weighted by molar-refractivity contribution is 7.23. The van der Waals surface area contributed by atoms with E-state index < -0.39 is 0 Å². The normalized spacial score (nSPS) is 19.9. The maximum Gasteiger partial charge on any atom is 0.253 e. The molecule has 0 unspecified atom stereocenters. The van der Waals surface area contributed by atoms with Crippen molar-refractivity contribution in [1.29, 1.82) is 0 Å². The Balaban J connectivity index is 1.48. The zero-order valence-corrected chi connectivity index (χ0v) is 17.2. The monoisotopic (exact) mass is 407 g/mol. The van der Waals surface area contributed by atoms with Gasteiger partial charge in [0.2, 0.25) is 0 Å². The molecule has 0 spiro atoms. The third kappa shape index (κ3) is 3.31. The number of hydrogen-bond acceptors (Lipinski definition) is 3. The molecule has 4 aromatic rings.